The number of ether oxygens (including phenoxy) is 9. The zero-order valence-corrected chi connectivity index (χ0v) is 35.9. The van der Waals surface area contributed by atoms with E-state index in [2.05, 4.69) is 22.6 Å². The Labute approximate surface area is 344 Å². The molecule has 1 saturated heterocycles. The molecule has 0 saturated carbocycles. The lowest BCUT2D eigenvalue weighted by molar-refractivity contribution is -0.305. The third-order valence-corrected chi connectivity index (χ3v) is 12.1. The van der Waals surface area contributed by atoms with Crippen molar-refractivity contribution in [1.29, 1.82) is 0 Å². The summed E-state index contributed by atoms with van der Waals surface area (Å²) in [6.45, 7) is 8.35. The highest BCUT2D eigenvalue weighted by atomic mass is 127. The molecular formula is C40H62INO14. The molecule has 5 unspecified atom stereocenters. The first-order valence-electron chi connectivity index (χ1n) is 19.3. The van der Waals surface area contributed by atoms with Gasteiger partial charge in [-0.2, -0.15) is 0 Å². The van der Waals surface area contributed by atoms with Crippen molar-refractivity contribution in [3.05, 3.63) is 48.0 Å². The van der Waals surface area contributed by atoms with Crippen LogP contribution in [0.5, 0.6) is 0 Å². The summed E-state index contributed by atoms with van der Waals surface area (Å²) in [6, 6.07) is -0.667. The van der Waals surface area contributed by atoms with E-state index in [0.717, 1.165) is 11.8 Å². The Kier molecular flexibility index (Phi) is 18.7. The summed E-state index contributed by atoms with van der Waals surface area (Å²) >= 11 is 2.06. The number of aliphatic hydroxyl groups excluding tert-OH is 3. The Morgan fingerprint density at radius 1 is 0.982 bits per heavy atom. The molecule has 0 spiro atoms. The van der Waals surface area contributed by atoms with Crippen molar-refractivity contribution in [2.24, 2.45) is 23.7 Å². The fourth-order valence-electron chi connectivity index (χ4n) is 7.67. The maximum atomic E-state index is 13.9. The maximum absolute atomic E-state index is 13.9. The molecule has 15 nitrogen and oxygen atoms in total. The van der Waals surface area contributed by atoms with Gasteiger partial charge in [0.1, 0.15) is 18.5 Å². The van der Waals surface area contributed by atoms with E-state index in [-0.39, 0.29) is 37.1 Å². The van der Waals surface area contributed by atoms with Crippen LogP contribution in [0.3, 0.4) is 0 Å². The second-order valence-corrected chi connectivity index (χ2v) is 16.5. The van der Waals surface area contributed by atoms with E-state index in [9.17, 15) is 24.9 Å². The highest BCUT2D eigenvalue weighted by molar-refractivity contribution is 14.1. The van der Waals surface area contributed by atoms with Gasteiger partial charge in [-0.3, -0.25) is 9.59 Å². The van der Waals surface area contributed by atoms with Crippen LogP contribution in [-0.4, -0.2) is 152 Å². The molecule has 56 heavy (non-hydrogen) atoms. The molecule has 4 rings (SSSR count). The van der Waals surface area contributed by atoms with Gasteiger partial charge in [0.15, 0.2) is 28.0 Å². The minimum absolute atomic E-state index is 0.0253. The van der Waals surface area contributed by atoms with Crippen molar-refractivity contribution in [1.82, 2.24) is 4.90 Å². The summed E-state index contributed by atoms with van der Waals surface area (Å²) in [5.74, 6) is -2.41. The lowest BCUT2D eigenvalue weighted by atomic mass is 9.79. The molecule has 0 aromatic rings. The largest absolute Gasteiger partial charge is 0.506 e. The first-order chi connectivity index (χ1) is 26.7. The Bertz CT molecular complexity index is 1390. The number of halogens is 1. The van der Waals surface area contributed by atoms with Crippen molar-refractivity contribution in [3.63, 3.8) is 0 Å². The first kappa shape index (κ1) is 46.7. The molecule has 0 radical (unpaired) electrons. The van der Waals surface area contributed by atoms with Crippen LogP contribution >= 0.6 is 22.6 Å². The number of aliphatic hydroxyl groups is 3. The molecule has 0 aromatic carbocycles. The van der Waals surface area contributed by atoms with Crippen LogP contribution in [0.4, 0.5) is 0 Å². The molecule has 15 atom stereocenters. The second kappa shape index (κ2) is 22.4. The molecule has 2 bridgehead atoms. The molecule has 4 aliphatic heterocycles. The molecule has 4 aliphatic rings. The fourth-order valence-corrected chi connectivity index (χ4v) is 8.37. The van der Waals surface area contributed by atoms with Gasteiger partial charge in [0.25, 0.3) is 0 Å². The molecule has 3 N–H and O–H groups in total. The molecule has 318 valence electrons. The minimum Gasteiger partial charge on any atom is -0.506 e. The van der Waals surface area contributed by atoms with Crippen LogP contribution in [0.2, 0.25) is 0 Å². The number of carbonyl (C=O) groups is 2. The standard InChI is InChI=1S/C40H62INO14/c1-22-11-12-28(43)23(2)18-26-13-16-50-14-9-10-15-51-30(24(3)35(26)56-39-34(47)32(42(5)6)33(46)25(4)54-39)19-31(45)55-38(41)27(17-22)20-52-40-37(49-8)36(48-7)29(44)21-53-40/h9-12,17,21,23-27,30,32-40,44,46-47H,13-16,18-20H2,1-8H3/b10-9+,12-11+,22-17+/t23-,24+,25?,26+,27-,30-,32?,33-,34?,35-,36?,37?,38+,39+,40-/m1/s1. The highest BCUT2D eigenvalue weighted by Gasteiger charge is 2.47. The number of nitrogens with zero attached hydrogens (tertiary/aromatic N) is 1. The van der Waals surface area contributed by atoms with Gasteiger partial charge in [-0.15, -0.1) is 0 Å². The highest BCUT2D eigenvalue weighted by Crippen LogP contribution is 2.36. The van der Waals surface area contributed by atoms with Crippen molar-refractivity contribution in [3.8, 4) is 0 Å². The number of hydrogen-bond donors (Lipinski definition) is 3. The molecule has 16 heteroatoms. The third kappa shape index (κ3) is 12.5. The average Bonchev–Trinajstić information content (AvgIpc) is 3.15. The van der Waals surface area contributed by atoms with Gasteiger partial charge in [-0.1, -0.05) is 43.7 Å². The Balaban J connectivity index is 1.69. The smallest absolute Gasteiger partial charge is 0.309 e. The van der Waals surface area contributed by atoms with E-state index < -0.39 is 89.2 Å². The second-order valence-electron chi connectivity index (χ2n) is 15.3. The lowest BCUT2D eigenvalue weighted by Crippen LogP contribution is -2.63. The molecule has 4 heterocycles. The van der Waals surface area contributed by atoms with Crippen molar-refractivity contribution in [2.75, 3.05) is 54.7 Å². The van der Waals surface area contributed by atoms with Crippen LogP contribution in [0, 0.1) is 23.7 Å². The van der Waals surface area contributed by atoms with Crippen LogP contribution in [0.1, 0.15) is 47.0 Å². The van der Waals surface area contributed by atoms with Gasteiger partial charge in [-0.25, -0.2) is 0 Å². The summed E-state index contributed by atoms with van der Waals surface area (Å²) in [6.07, 6.45) is 2.99. The number of likely N-dealkylation sites (N-methyl/N-ethyl adjacent to an activating group) is 1. The van der Waals surface area contributed by atoms with Crippen LogP contribution in [0.15, 0.2) is 48.0 Å². The van der Waals surface area contributed by atoms with E-state index >= 15 is 0 Å². The van der Waals surface area contributed by atoms with Crippen LogP contribution < -0.4 is 0 Å². The number of fused-ring (bicyclic) bond motifs is 3. The minimum atomic E-state index is -1.21. The number of alkyl halides is 1. The number of hydrogen-bond acceptors (Lipinski definition) is 15. The maximum Gasteiger partial charge on any atom is 0.309 e. The first-order valence-corrected chi connectivity index (χ1v) is 20.5. The summed E-state index contributed by atoms with van der Waals surface area (Å²) < 4.78 is 53.2. The summed E-state index contributed by atoms with van der Waals surface area (Å²) in [5.41, 5.74) is 0.745. The molecule has 0 aliphatic carbocycles. The Morgan fingerprint density at radius 3 is 2.41 bits per heavy atom. The van der Waals surface area contributed by atoms with Crippen molar-refractivity contribution in [2.45, 2.75) is 112 Å². The third-order valence-electron chi connectivity index (χ3n) is 10.9. The van der Waals surface area contributed by atoms with E-state index in [0.29, 0.717) is 26.1 Å². The number of esters is 1. The number of carbonyl (C=O) groups excluding carboxylic acids is 2. The van der Waals surface area contributed by atoms with E-state index in [1.54, 1.807) is 38.1 Å². The quantitative estimate of drug-likeness (QED) is 0.139. The number of methoxy groups -OCH3 is 2. The van der Waals surface area contributed by atoms with Gasteiger partial charge in [0, 0.05) is 38.6 Å². The summed E-state index contributed by atoms with van der Waals surface area (Å²) in [5, 5.41) is 32.7. The zero-order valence-electron chi connectivity index (χ0n) is 33.7. The van der Waals surface area contributed by atoms with E-state index in [1.165, 1.54) is 14.2 Å². The zero-order chi connectivity index (χ0) is 41.1. The fraction of sp³-hybridized carbons (Fsp3) is 0.750. The monoisotopic (exact) mass is 907 g/mol. The van der Waals surface area contributed by atoms with Crippen LogP contribution in [0.25, 0.3) is 0 Å². The van der Waals surface area contributed by atoms with Gasteiger partial charge in [0.2, 0.25) is 6.29 Å². The Hall–Kier alpha value is -1.97. The number of rotatable bonds is 8. The topological polar surface area (TPSA) is 181 Å². The number of cyclic esters (lactones) is 1. The number of ketones is 1. The predicted octanol–water partition coefficient (Wildman–Crippen LogP) is 3.61. The summed E-state index contributed by atoms with van der Waals surface area (Å²) in [4.78, 5) is 29.4. The normalized spacial score (nSPS) is 42.0. The molecule has 0 amide bonds. The molecular weight excluding hydrogens is 845 g/mol. The van der Waals surface area contributed by atoms with Gasteiger partial charge in [-0.05, 0) is 75.4 Å². The number of allylic oxidation sites excluding steroid dienone is 3. The SMILES string of the molecule is COC1C(O)=CO[C@@H](OC[C@H]2/C=C(C)/C=C/C(=O)[C@H](C)C[C@@H]3CCOC/C=C/CO[C@H](CC(=O)O[C@@H]2I)[C@H](C)[C@H]3O[C@@H]2OC(C)[C@@H](O)C(N(C)C)C2O)C1OC. The van der Waals surface area contributed by atoms with Gasteiger partial charge in [0.05, 0.1) is 56.7 Å². The van der Waals surface area contributed by atoms with Gasteiger partial charge < -0.3 is 62.9 Å². The van der Waals surface area contributed by atoms with E-state index in [1.807, 2.05) is 39.0 Å². The van der Waals surface area contributed by atoms with Gasteiger partial charge >= 0.3 is 5.97 Å². The van der Waals surface area contributed by atoms with E-state index in [4.69, 9.17) is 42.6 Å². The lowest BCUT2D eigenvalue weighted by Gasteiger charge is -2.47. The molecule has 1 fully saturated rings. The average molecular weight is 908 g/mol. The molecule has 0 aromatic heterocycles. The summed E-state index contributed by atoms with van der Waals surface area (Å²) in [7, 11) is 6.45. The van der Waals surface area contributed by atoms with Crippen molar-refractivity contribution >= 4 is 34.3 Å². The van der Waals surface area contributed by atoms with Crippen molar-refractivity contribution < 1.29 is 67.5 Å². The predicted molar refractivity (Wildman–Crippen MR) is 212 cm³/mol. The Morgan fingerprint density at radius 2 is 1.71 bits per heavy atom. The van der Waals surface area contributed by atoms with Crippen LogP contribution in [-0.2, 0) is 52.2 Å².